The van der Waals surface area contributed by atoms with Gasteiger partial charge >= 0.3 is 0 Å². The van der Waals surface area contributed by atoms with Crippen LogP contribution in [0.3, 0.4) is 0 Å². The Labute approximate surface area is 113 Å². The van der Waals surface area contributed by atoms with Gasteiger partial charge in [-0.3, -0.25) is 10.1 Å². The van der Waals surface area contributed by atoms with Gasteiger partial charge in [0.2, 0.25) is 6.04 Å². The van der Waals surface area contributed by atoms with Crippen molar-refractivity contribution in [3.63, 3.8) is 0 Å². The lowest BCUT2D eigenvalue weighted by Gasteiger charge is -2.30. The van der Waals surface area contributed by atoms with Gasteiger partial charge in [-0.25, -0.2) is 0 Å². The molecule has 0 bridgehead atoms. The highest BCUT2D eigenvalue weighted by Crippen LogP contribution is 2.24. The number of hydrogen-bond acceptors (Lipinski definition) is 4. The quantitative estimate of drug-likeness (QED) is 0.444. The second-order valence-electron chi connectivity index (χ2n) is 5.25. The van der Waals surface area contributed by atoms with Crippen LogP contribution in [0.25, 0.3) is 0 Å². The second kappa shape index (κ2) is 6.50. The van der Waals surface area contributed by atoms with E-state index in [0.29, 0.717) is 13.0 Å². The van der Waals surface area contributed by atoms with Crippen molar-refractivity contribution < 1.29 is 4.92 Å². The summed E-state index contributed by atoms with van der Waals surface area (Å²) in [5, 5.41) is 11.0. The van der Waals surface area contributed by atoms with E-state index in [4.69, 9.17) is 0 Å². The largest absolute Gasteiger partial charge is 0.372 e. The molecule has 2 unspecified atom stereocenters. The van der Waals surface area contributed by atoms with Crippen molar-refractivity contribution in [3.8, 4) is 0 Å². The zero-order valence-electron chi connectivity index (χ0n) is 11.2. The molecule has 0 aromatic carbocycles. The zero-order valence-corrected chi connectivity index (χ0v) is 11.2. The maximum absolute atomic E-state index is 11.0. The highest BCUT2D eigenvalue weighted by molar-refractivity contribution is 5.25. The number of aliphatic imine (C=N–C) groups is 1. The van der Waals surface area contributed by atoms with E-state index in [2.05, 4.69) is 22.7 Å². The number of nitrogens with zero attached hydrogens (tertiary/aromatic N) is 3. The molecular formula is C14H21N3O2. The van der Waals surface area contributed by atoms with Crippen molar-refractivity contribution >= 4 is 6.72 Å². The first kappa shape index (κ1) is 13.8. The van der Waals surface area contributed by atoms with Crippen LogP contribution >= 0.6 is 0 Å². The molecule has 0 saturated carbocycles. The minimum Gasteiger partial charge on any atom is -0.372 e. The summed E-state index contributed by atoms with van der Waals surface area (Å²) in [5.41, 5.74) is 1.12. The fourth-order valence-electron chi connectivity index (χ4n) is 2.78. The molecule has 0 radical (unpaired) electrons. The maximum Gasteiger partial charge on any atom is 0.232 e. The number of piperidine rings is 1. The minimum atomic E-state index is -0.606. The third kappa shape index (κ3) is 3.66. The predicted octanol–water partition coefficient (Wildman–Crippen LogP) is 2.28. The minimum absolute atomic E-state index is 0.111. The van der Waals surface area contributed by atoms with E-state index in [-0.39, 0.29) is 10.8 Å². The van der Waals surface area contributed by atoms with Crippen molar-refractivity contribution in [1.29, 1.82) is 0 Å². The van der Waals surface area contributed by atoms with E-state index < -0.39 is 6.04 Å². The van der Waals surface area contributed by atoms with Gasteiger partial charge in [-0.05, 0) is 38.1 Å². The summed E-state index contributed by atoms with van der Waals surface area (Å²) in [6.45, 7) is 6.17. The Morgan fingerprint density at radius 1 is 1.42 bits per heavy atom. The maximum atomic E-state index is 11.0. The van der Waals surface area contributed by atoms with Crippen molar-refractivity contribution in [2.75, 3.05) is 19.6 Å². The predicted molar refractivity (Wildman–Crippen MR) is 76.0 cm³/mol. The number of likely N-dealkylation sites (tertiary alicyclic amines) is 1. The Hall–Kier alpha value is -1.65. The molecule has 104 valence electrons. The van der Waals surface area contributed by atoms with Gasteiger partial charge in [-0.1, -0.05) is 6.08 Å². The SMILES string of the molecule is C=NCC1C=C(N2CCCCC2)C=CC([N+](=O)[O-])C1. The molecule has 1 heterocycles. The highest BCUT2D eigenvalue weighted by atomic mass is 16.6. The van der Waals surface area contributed by atoms with Crippen LogP contribution < -0.4 is 0 Å². The van der Waals surface area contributed by atoms with Gasteiger partial charge in [0.1, 0.15) is 0 Å². The van der Waals surface area contributed by atoms with Gasteiger partial charge in [-0.15, -0.1) is 0 Å². The molecule has 2 rings (SSSR count). The fraction of sp³-hybridized carbons (Fsp3) is 0.643. The summed E-state index contributed by atoms with van der Waals surface area (Å²) in [4.78, 5) is 17.0. The van der Waals surface area contributed by atoms with Crippen LogP contribution in [0.2, 0.25) is 0 Å². The molecule has 5 heteroatoms. The van der Waals surface area contributed by atoms with Crippen LogP contribution in [-0.2, 0) is 0 Å². The van der Waals surface area contributed by atoms with E-state index in [9.17, 15) is 10.1 Å². The van der Waals surface area contributed by atoms with Gasteiger partial charge in [0.05, 0.1) is 0 Å². The number of rotatable bonds is 4. The smallest absolute Gasteiger partial charge is 0.232 e. The van der Waals surface area contributed by atoms with Crippen LogP contribution in [0.4, 0.5) is 0 Å². The molecule has 0 N–H and O–H groups in total. The molecule has 1 aliphatic carbocycles. The lowest BCUT2D eigenvalue weighted by molar-refractivity contribution is -0.511. The van der Waals surface area contributed by atoms with Crippen molar-refractivity contribution in [2.45, 2.75) is 31.7 Å². The Bertz CT molecular complexity index is 397. The molecule has 0 aromatic rings. The Kier molecular flexibility index (Phi) is 4.71. The second-order valence-corrected chi connectivity index (χ2v) is 5.25. The summed E-state index contributed by atoms with van der Waals surface area (Å²) < 4.78 is 0. The van der Waals surface area contributed by atoms with Crippen LogP contribution in [0.15, 0.2) is 28.9 Å². The molecular weight excluding hydrogens is 242 g/mol. The Balaban J connectivity index is 2.15. The van der Waals surface area contributed by atoms with Crippen LogP contribution in [0, 0.1) is 16.0 Å². The molecule has 5 nitrogen and oxygen atoms in total. The Morgan fingerprint density at radius 2 is 2.16 bits per heavy atom. The topological polar surface area (TPSA) is 58.7 Å². The van der Waals surface area contributed by atoms with Crippen molar-refractivity contribution in [3.05, 3.63) is 34.0 Å². The summed E-state index contributed by atoms with van der Waals surface area (Å²) in [7, 11) is 0. The average Bonchev–Trinajstić information content (AvgIpc) is 2.63. The van der Waals surface area contributed by atoms with Gasteiger partial charge < -0.3 is 9.89 Å². The molecule has 2 aliphatic rings. The van der Waals surface area contributed by atoms with E-state index in [1.165, 1.54) is 19.3 Å². The molecule has 0 aromatic heterocycles. The third-order valence-electron chi connectivity index (χ3n) is 3.80. The molecule has 0 spiro atoms. The zero-order chi connectivity index (χ0) is 13.7. The molecule has 1 fully saturated rings. The summed E-state index contributed by atoms with van der Waals surface area (Å²) >= 11 is 0. The summed E-state index contributed by atoms with van der Waals surface area (Å²) in [6.07, 6.45) is 9.98. The highest BCUT2D eigenvalue weighted by Gasteiger charge is 2.25. The fourth-order valence-corrected chi connectivity index (χ4v) is 2.78. The standard InChI is InChI=1S/C14H21N3O2/c1-15-11-12-9-13(16-7-3-2-4-8-16)5-6-14(10-12)17(18)19/h5-6,9,12,14H,1-4,7-8,10-11H2. The molecule has 0 amide bonds. The first-order valence-corrected chi connectivity index (χ1v) is 6.91. The lowest BCUT2D eigenvalue weighted by Crippen LogP contribution is -2.28. The van der Waals surface area contributed by atoms with E-state index in [1.54, 1.807) is 6.08 Å². The normalized spacial score (nSPS) is 27.6. The van der Waals surface area contributed by atoms with Crippen molar-refractivity contribution in [2.24, 2.45) is 10.9 Å². The first-order chi connectivity index (χ1) is 9.20. The Morgan fingerprint density at radius 3 is 2.79 bits per heavy atom. The van der Waals surface area contributed by atoms with Gasteiger partial charge in [-0.2, -0.15) is 0 Å². The van der Waals surface area contributed by atoms with Crippen LogP contribution in [0.5, 0.6) is 0 Å². The summed E-state index contributed by atoms with van der Waals surface area (Å²) in [5.74, 6) is 0.111. The molecule has 1 saturated heterocycles. The average molecular weight is 263 g/mol. The van der Waals surface area contributed by atoms with E-state index >= 15 is 0 Å². The van der Waals surface area contributed by atoms with Gasteiger partial charge in [0, 0.05) is 42.6 Å². The monoisotopic (exact) mass is 263 g/mol. The number of nitro groups is 1. The van der Waals surface area contributed by atoms with E-state index in [1.807, 2.05) is 6.08 Å². The number of allylic oxidation sites excluding steroid dienone is 1. The lowest BCUT2D eigenvalue weighted by atomic mass is 10.0. The molecule has 19 heavy (non-hydrogen) atoms. The number of hydrogen-bond donors (Lipinski definition) is 0. The third-order valence-corrected chi connectivity index (χ3v) is 3.80. The van der Waals surface area contributed by atoms with E-state index in [0.717, 1.165) is 18.8 Å². The van der Waals surface area contributed by atoms with Crippen LogP contribution in [-0.4, -0.2) is 42.2 Å². The van der Waals surface area contributed by atoms with Crippen LogP contribution in [0.1, 0.15) is 25.7 Å². The van der Waals surface area contributed by atoms with Crippen molar-refractivity contribution in [1.82, 2.24) is 4.90 Å². The first-order valence-electron chi connectivity index (χ1n) is 6.91. The molecule has 1 aliphatic heterocycles. The molecule has 2 atom stereocenters. The van der Waals surface area contributed by atoms with Gasteiger partial charge in [0.25, 0.3) is 0 Å². The summed E-state index contributed by atoms with van der Waals surface area (Å²) in [6, 6.07) is -0.606. The van der Waals surface area contributed by atoms with Gasteiger partial charge in [0.15, 0.2) is 0 Å².